The van der Waals surface area contributed by atoms with Crippen LogP contribution in [0.2, 0.25) is 5.02 Å². The normalized spacial score (nSPS) is 22.8. The molecular weight excluding hydrogens is 281 g/mol. The smallest absolute Gasteiger partial charge is 0.115 e. The lowest BCUT2D eigenvalue weighted by Crippen LogP contribution is -2.45. The van der Waals surface area contributed by atoms with Crippen LogP contribution in [0.1, 0.15) is 31.7 Å². The highest BCUT2D eigenvalue weighted by atomic mass is 35.5. The minimum Gasteiger partial charge on any atom is -0.379 e. The third-order valence-electron chi connectivity index (χ3n) is 3.71. The molecule has 20 heavy (non-hydrogen) atoms. The minimum atomic E-state index is -1.33. The second kappa shape index (κ2) is 6.41. The van der Waals surface area contributed by atoms with Crippen LogP contribution in [-0.4, -0.2) is 41.2 Å². The molecule has 1 aromatic rings. The van der Waals surface area contributed by atoms with Gasteiger partial charge in [0.2, 0.25) is 0 Å². The highest BCUT2D eigenvalue weighted by Crippen LogP contribution is 2.29. The molecule has 1 N–H and O–H groups in total. The van der Waals surface area contributed by atoms with Crippen LogP contribution in [0.15, 0.2) is 0 Å². The van der Waals surface area contributed by atoms with Crippen molar-refractivity contribution in [3.8, 4) is 0 Å². The topological polar surface area (TPSA) is 39.1 Å². The molecule has 1 aliphatic heterocycles. The summed E-state index contributed by atoms with van der Waals surface area (Å²) in [7, 11) is 1.82. The zero-order chi connectivity index (χ0) is 14.8. The van der Waals surface area contributed by atoms with Crippen LogP contribution in [0.5, 0.6) is 0 Å². The molecule has 6 heteroatoms. The molecule has 0 aliphatic carbocycles. The Kier molecular flexibility index (Phi) is 5.04. The predicted molar refractivity (Wildman–Crippen MR) is 78.0 cm³/mol. The fourth-order valence-electron chi connectivity index (χ4n) is 2.70. The summed E-state index contributed by atoms with van der Waals surface area (Å²) in [5.74, 6) is 0. The Bertz CT molecular complexity index is 456. The van der Waals surface area contributed by atoms with E-state index in [1.807, 2.05) is 14.0 Å². The molecule has 1 fully saturated rings. The van der Waals surface area contributed by atoms with E-state index in [1.54, 1.807) is 11.6 Å². The van der Waals surface area contributed by atoms with E-state index in [1.165, 1.54) is 0 Å². The molecule has 0 aromatic carbocycles. The van der Waals surface area contributed by atoms with Crippen LogP contribution in [0.4, 0.5) is 4.39 Å². The van der Waals surface area contributed by atoms with Crippen molar-refractivity contribution in [1.82, 2.24) is 15.1 Å². The van der Waals surface area contributed by atoms with E-state index in [-0.39, 0.29) is 12.5 Å². The van der Waals surface area contributed by atoms with E-state index >= 15 is 0 Å². The van der Waals surface area contributed by atoms with Gasteiger partial charge in [0.15, 0.2) is 0 Å². The summed E-state index contributed by atoms with van der Waals surface area (Å²) < 4.78 is 21.9. The molecule has 1 saturated heterocycles. The lowest BCUT2D eigenvalue weighted by Gasteiger charge is -2.30. The number of nitrogens with one attached hydrogen (secondary N) is 1. The summed E-state index contributed by atoms with van der Waals surface area (Å²) in [5, 5.41) is 8.23. The number of hydrogen-bond donors (Lipinski definition) is 1. The van der Waals surface area contributed by atoms with Crippen LogP contribution in [-0.2, 0) is 24.6 Å². The van der Waals surface area contributed by atoms with Gasteiger partial charge < -0.3 is 10.1 Å². The summed E-state index contributed by atoms with van der Waals surface area (Å²) >= 11 is 6.29. The summed E-state index contributed by atoms with van der Waals surface area (Å²) in [6, 6.07) is 0.0661. The molecule has 0 spiro atoms. The van der Waals surface area contributed by atoms with Crippen molar-refractivity contribution >= 4 is 11.6 Å². The quantitative estimate of drug-likeness (QED) is 0.907. The molecule has 2 atom stereocenters. The first kappa shape index (κ1) is 15.7. The van der Waals surface area contributed by atoms with Gasteiger partial charge in [0, 0.05) is 26.1 Å². The van der Waals surface area contributed by atoms with Crippen molar-refractivity contribution in [2.45, 2.75) is 44.8 Å². The first-order valence-corrected chi connectivity index (χ1v) is 7.51. The first-order valence-electron chi connectivity index (χ1n) is 7.13. The Labute approximate surface area is 124 Å². The second-order valence-corrected chi connectivity index (χ2v) is 6.08. The average molecular weight is 304 g/mol. The summed E-state index contributed by atoms with van der Waals surface area (Å²) in [6.07, 6.45) is 1.44. The summed E-state index contributed by atoms with van der Waals surface area (Å²) in [5.41, 5.74) is 0.269. The van der Waals surface area contributed by atoms with Gasteiger partial charge in [-0.3, -0.25) is 4.68 Å². The van der Waals surface area contributed by atoms with Crippen molar-refractivity contribution < 1.29 is 9.13 Å². The third-order valence-corrected chi connectivity index (χ3v) is 4.15. The molecule has 0 bridgehead atoms. The van der Waals surface area contributed by atoms with Gasteiger partial charge >= 0.3 is 0 Å². The van der Waals surface area contributed by atoms with E-state index in [0.29, 0.717) is 24.7 Å². The lowest BCUT2D eigenvalue weighted by atomic mass is 9.93. The molecule has 2 unspecified atom stereocenters. The van der Waals surface area contributed by atoms with Crippen molar-refractivity contribution in [2.24, 2.45) is 7.05 Å². The van der Waals surface area contributed by atoms with Crippen molar-refractivity contribution in [3.05, 3.63) is 16.4 Å². The van der Waals surface area contributed by atoms with Crippen LogP contribution in [0.25, 0.3) is 0 Å². The zero-order valence-electron chi connectivity index (χ0n) is 12.4. The summed E-state index contributed by atoms with van der Waals surface area (Å²) in [6.45, 7) is 5.67. The number of hydrogen-bond acceptors (Lipinski definition) is 3. The second-order valence-electron chi connectivity index (χ2n) is 5.70. The minimum absolute atomic E-state index is 0.0661. The van der Waals surface area contributed by atoms with Crippen LogP contribution in [0.3, 0.4) is 0 Å². The van der Waals surface area contributed by atoms with Gasteiger partial charge in [0.05, 0.1) is 29.6 Å². The number of alkyl halides is 1. The SMILES string of the molecule is CCc1nn(C)c(CC(C)(F)CC2COCCN2)c1Cl. The molecular formula is C14H23ClFN3O. The fourth-order valence-corrected chi connectivity index (χ4v) is 3.06. The van der Waals surface area contributed by atoms with Crippen molar-refractivity contribution in [1.29, 1.82) is 0 Å². The Morgan fingerprint density at radius 2 is 2.35 bits per heavy atom. The number of morpholine rings is 1. The maximum atomic E-state index is 14.8. The molecule has 0 saturated carbocycles. The highest BCUT2D eigenvalue weighted by Gasteiger charge is 2.31. The van der Waals surface area contributed by atoms with Crippen molar-refractivity contribution in [3.63, 3.8) is 0 Å². The van der Waals surface area contributed by atoms with E-state index in [2.05, 4.69) is 10.4 Å². The standard InChI is InChI=1S/C14H23ClFN3O/c1-4-11-13(15)12(19(3)18-11)8-14(2,16)7-10-9-20-6-5-17-10/h10,17H,4-9H2,1-3H3. The molecule has 1 aromatic heterocycles. The van der Waals surface area contributed by atoms with Gasteiger partial charge in [-0.05, 0) is 19.8 Å². The maximum Gasteiger partial charge on any atom is 0.115 e. The van der Waals surface area contributed by atoms with Crippen LogP contribution >= 0.6 is 11.6 Å². The molecule has 2 rings (SSSR count). The van der Waals surface area contributed by atoms with Crippen LogP contribution < -0.4 is 5.32 Å². The fraction of sp³-hybridized carbons (Fsp3) is 0.786. The van der Waals surface area contributed by atoms with E-state index in [4.69, 9.17) is 16.3 Å². The van der Waals surface area contributed by atoms with Gasteiger partial charge in [-0.1, -0.05) is 18.5 Å². The van der Waals surface area contributed by atoms with Gasteiger partial charge in [-0.2, -0.15) is 5.10 Å². The van der Waals surface area contributed by atoms with E-state index < -0.39 is 5.67 Å². The summed E-state index contributed by atoms with van der Waals surface area (Å²) in [4.78, 5) is 0. The number of ether oxygens (including phenoxy) is 1. The van der Waals surface area contributed by atoms with E-state index in [9.17, 15) is 4.39 Å². The average Bonchev–Trinajstić information content (AvgIpc) is 2.66. The van der Waals surface area contributed by atoms with Gasteiger partial charge in [-0.15, -0.1) is 0 Å². The largest absolute Gasteiger partial charge is 0.379 e. The molecule has 1 aliphatic rings. The van der Waals surface area contributed by atoms with Crippen LogP contribution in [0, 0.1) is 0 Å². The first-order chi connectivity index (χ1) is 9.43. The Balaban J connectivity index is 2.05. The lowest BCUT2D eigenvalue weighted by molar-refractivity contribution is 0.0479. The molecule has 114 valence electrons. The highest BCUT2D eigenvalue weighted by molar-refractivity contribution is 6.31. The van der Waals surface area contributed by atoms with Gasteiger partial charge in [0.1, 0.15) is 5.67 Å². The predicted octanol–water partition coefficient (Wildman–Crippen LogP) is 2.29. The molecule has 4 nitrogen and oxygen atoms in total. The zero-order valence-corrected chi connectivity index (χ0v) is 13.1. The van der Waals surface area contributed by atoms with Gasteiger partial charge in [0.25, 0.3) is 0 Å². The maximum absolute atomic E-state index is 14.8. The van der Waals surface area contributed by atoms with Crippen molar-refractivity contribution in [2.75, 3.05) is 19.8 Å². The Morgan fingerprint density at radius 1 is 1.60 bits per heavy atom. The number of aromatic nitrogens is 2. The van der Waals surface area contributed by atoms with Gasteiger partial charge in [-0.25, -0.2) is 4.39 Å². The number of halogens is 2. The molecule has 0 radical (unpaired) electrons. The number of nitrogens with zero attached hydrogens (tertiary/aromatic N) is 2. The third kappa shape index (κ3) is 3.71. The number of aryl methyl sites for hydroxylation is 2. The molecule has 0 amide bonds. The number of rotatable bonds is 5. The Morgan fingerprint density at radius 3 is 2.90 bits per heavy atom. The van der Waals surface area contributed by atoms with E-state index in [0.717, 1.165) is 24.4 Å². The monoisotopic (exact) mass is 303 g/mol. The molecule has 2 heterocycles. The Hall–Kier alpha value is -0.650.